The van der Waals surface area contributed by atoms with Crippen molar-refractivity contribution < 1.29 is 0 Å². The fraction of sp³-hybridized carbons (Fsp3) is 1.00. The highest BCUT2D eigenvalue weighted by Crippen LogP contribution is 2.33. The second kappa shape index (κ2) is 7.33. The number of hydrogen-bond donors (Lipinski definition) is 1. The van der Waals surface area contributed by atoms with Gasteiger partial charge in [-0.2, -0.15) is 11.8 Å². The summed E-state index contributed by atoms with van der Waals surface area (Å²) in [6.45, 7) is 16.4. The van der Waals surface area contributed by atoms with Crippen LogP contribution in [0, 0.1) is 11.3 Å². The Kier molecular flexibility index (Phi) is 6.68. The van der Waals surface area contributed by atoms with E-state index >= 15 is 0 Å². The van der Waals surface area contributed by atoms with E-state index in [2.05, 4.69) is 51.3 Å². The Morgan fingerprint density at radius 2 is 1.95 bits per heavy atom. The molecule has 1 atom stereocenters. The zero-order valence-electron chi connectivity index (χ0n) is 13.7. The molecule has 0 bridgehead atoms. The number of nitrogens with zero attached hydrogens (tertiary/aromatic N) is 1. The molecule has 2 N–H and O–H groups in total. The monoisotopic (exact) mass is 286 g/mol. The van der Waals surface area contributed by atoms with Gasteiger partial charge in [-0.05, 0) is 57.5 Å². The van der Waals surface area contributed by atoms with Gasteiger partial charge in [-0.25, -0.2) is 0 Å². The van der Waals surface area contributed by atoms with Crippen molar-refractivity contribution in [3.05, 3.63) is 0 Å². The first kappa shape index (κ1) is 17.3. The normalized spacial score (nSPS) is 22.4. The molecular formula is C16H34N2S. The second-order valence-electron chi connectivity index (χ2n) is 7.67. The van der Waals surface area contributed by atoms with Crippen molar-refractivity contribution in [3.63, 3.8) is 0 Å². The molecule has 0 aromatic rings. The van der Waals surface area contributed by atoms with Crippen molar-refractivity contribution in [1.82, 2.24) is 4.90 Å². The van der Waals surface area contributed by atoms with Gasteiger partial charge in [0.2, 0.25) is 0 Å². The summed E-state index contributed by atoms with van der Waals surface area (Å²) in [5, 5.41) is 0. The summed E-state index contributed by atoms with van der Waals surface area (Å²) in [6.07, 6.45) is 3.82. The van der Waals surface area contributed by atoms with Crippen LogP contribution in [-0.4, -0.2) is 41.6 Å². The fourth-order valence-electron chi connectivity index (χ4n) is 3.08. The van der Waals surface area contributed by atoms with E-state index in [-0.39, 0.29) is 0 Å². The molecule has 1 unspecified atom stereocenters. The molecule has 1 saturated heterocycles. The average molecular weight is 287 g/mol. The molecule has 0 spiro atoms. The Morgan fingerprint density at radius 3 is 2.47 bits per heavy atom. The minimum absolute atomic E-state index is 0.399. The van der Waals surface area contributed by atoms with Gasteiger partial charge in [0.05, 0.1) is 0 Å². The van der Waals surface area contributed by atoms with Gasteiger partial charge in [-0.15, -0.1) is 0 Å². The summed E-state index contributed by atoms with van der Waals surface area (Å²) in [6, 6.07) is 0. The number of hydrogen-bond acceptors (Lipinski definition) is 3. The Hall–Kier alpha value is 0.270. The molecule has 0 aliphatic carbocycles. The first-order valence-electron chi connectivity index (χ1n) is 7.81. The van der Waals surface area contributed by atoms with Gasteiger partial charge in [0.25, 0.3) is 0 Å². The summed E-state index contributed by atoms with van der Waals surface area (Å²) in [4.78, 5) is 2.65. The second-order valence-corrected chi connectivity index (χ2v) is 9.47. The largest absolute Gasteiger partial charge is 0.330 e. The van der Waals surface area contributed by atoms with Crippen LogP contribution in [0.1, 0.15) is 53.9 Å². The summed E-state index contributed by atoms with van der Waals surface area (Å²) < 4.78 is 0.443. The molecule has 0 saturated carbocycles. The van der Waals surface area contributed by atoms with E-state index in [1.165, 1.54) is 44.6 Å². The quantitative estimate of drug-likeness (QED) is 0.809. The maximum absolute atomic E-state index is 5.76. The van der Waals surface area contributed by atoms with Gasteiger partial charge < -0.3 is 10.6 Å². The van der Waals surface area contributed by atoms with Crippen LogP contribution in [0.15, 0.2) is 0 Å². The minimum atomic E-state index is 0.399. The van der Waals surface area contributed by atoms with Crippen molar-refractivity contribution in [2.24, 2.45) is 17.1 Å². The zero-order valence-corrected chi connectivity index (χ0v) is 14.5. The molecule has 1 aliphatic heterocycles. The molecule has 2 nitrogen and oxygen atoms in total. The molecule has 0 amide bonds. The fourth-order valence-corrected chi connectivity index (χ4v) is 4.25. The van der Waals surface area contributed by atoms with E-state index in [9.17, 15) is 0 Å². The third-order valence-corrected chi connectivity index (χ3v) is 5.57. The van der Waals surface area contributed by atoms with E-state index in [1.807, 2.05) is 0 Å². The highest BCUT2D eigenvalue weighted by atomic mass is 32.2. The lowest BCUT2D eigenvalue weighted by Gasteiger charge is -2.38. The Labute approximate surface area is 124 Å². The van der Waals surface area contributed by atoms with Crippen molar-refractivity contribution >= 4 is 11.8 Å². The summed E-state index contributed by atoms with van der Waals surface area (Å²) in [5.74, 6) is 2.06. The Balaban J connectivity index is 2.32. The minimum Gasteiger partial charge on any atom is -0.330 e. The van der Waals surface area contributed by atoms with Crippen LogP contribution in [0.3, 0.4) is 0 Å². The van der Waals surface area contributed by atoms with Crippen LogP contribution in [-0.2, 0) is 0 Å². The standard InChI is InChI=1S/C16H34N2S/c1-15(2,3)14(8-9-17)7-6-10-18-11-12-19-16(4,5)13-18/h14H,6-13,17H2,1-5H3. The smallest absolute Gasteiger partial charge is 0.0231 e. The van der Waals surface area contributed by atoms with E-state index < -0.39 is 0 Å². The van der Waals surface area contributed by atoms with Gasteiger partial charge in [0, 0.05) is 23.6 Å². The van der Waals surface area contributed by atoms with Crippen LogP contribution in [0.2, 0.25) is 0 Å². The van der Waals surface area contributed by atoms with Gasteiger partial charge >= 0.3 is 0 Å². The zero-order chi connectivity index (χ0) is 14.5. The summed E-state index contributed by atoms with van der Waals surface area (Å²) in [5.41, 5.74) is 6.16. The first-order valence-corrected chi connectivity index (χ1v) is 8.79. The molecule has 0 aromatic heterocycles. The third kappa shape index (κ3) is 6.50. The average Bonchev–Trinajstić information content (AvgIpc) is 2.25. The molecule has 1 rings (SSSR count). The first-order chi connectivity index (χ1) is 8.74. The van der Waals surface area contributed by atoms with Gasteiger partial charge in [-0.3, -0.25) is 0 Å². The lowest BCUT2D eigenvalue weighted by Crippen LogP contribution is -2.43. The number of nitrogens with two attached hydrogens (primary N) is 1. The number of thioether (sulfide) groups is 1. The molecule has 1 fully saturated rings. The van der Waals surface area contributed by atoms with Gasteiger partial charge in [-0.1, -0.05) is 20.8 Å². The lowest BCUT2D eigenvalue weighted by molar-refractivity contribution is 0.191. The molecule has 3 heteroatoms. The molecule has 0 aromatic carbocycles. The van der Waals surface area contributed by atoms with Crippen LogP contribution in [0.5, 0.6) is 0 Å². The predicted molar refractivity (Wildman–Crippen MR) is 88.8 cm³/mol. The van der Waals surface area contributed by atoms with Crippen molar-refractivity contribution in [1.29, 1.82) is 0 Å². The van der Waals surface area contributed by atoms with Crippen LogP contribution in [0.25, 0.3) is 0 Å². The van der Waals surface area contributed by atoms with E-state index in [0.29, 0.717) is 10.2 Å². The van der Waals surface area contributed by atoms with Crippen LogP contribution < -0.4 is 5.73 Å². The molecule has 1 aliphatic rings. The lowest BCUT2D eigenvalue weighted by atomic mass is 9.76. The van der Waals surface area contributed by atoms with E-state index in [4.69, 9.17) is 5.73 Å². The molecular weight excluding hydrogens is 252 g/mol. The van der Waals surface area contributed by atoms with E-state index in [0.717, 1.165) is 12.5 Å². The highest BCUT2D eigenvalue weighted by molar-refractivity contribution is 8.00. The van der Waals surface area contributed by atoms with Crippen molar-refractivity contribution in [2.45, 2.75) is 58.6 Å². The molecule has 114 valence electrons. The predicted octanol–water partition coefficient (Wildman–Crippen LogP) is 3.61. The van der Waals surface area contributed by atoms with Crippen molar-refractivity contribution in [3.8, 4) is 0 Å². The maximum atomic E-state index is 5.76. The summed E-state index contributed by atoms with van der Waals surface area (Å²) >= 11 is 2.12. The van der Waals surface area contributed by atoms with Crippen LogP contribution in [0.4, 0.5) is 0 Å². The summed E-state index contributed by atoms with van der Waals surface area (Å²) in [7, 11) is 0. The Morgan fingerprint density at radius 1 is 1.26 bits per heavy atom. The van der Waals surface area contributed by atoms with E-state index in [1.54, 1.807) is 0 Å². The van der Waals surface area contributed by atoms with Gasteiger partial charge in [0.1, 0.15) is 0 Å². The molecule has 1 heterocycles. The molecule has 19 heavy (non-hydrogen) atoms. The van der Waals surface area contributed by atoms with Crippen molar-refractivity contribution in [2.75, 3.05) is 31.9 Å². The van der Waals surface area contributed by atoms with Crippen LogP contribution >= 0.6 is 11.8 Å². The van der Waals surface area contributed by atoms with Gasteiger partial charge in [0.15, 0.2) is 0 Å². The molecule has 0 radical (unpaired) electrons. The SMILES string of the molecule is CC1(C)CN(CCCC(CCN)C(C)(C)C)CCS1. The maximum Gasteiger partial charge on any atom is 0.0231 e. The Bertz CT molecular complexity index is 258. The third-order valence-electron chi connectivity index (χ3n) is 4.27. The highest BCUT2D eigenvalue weighted by Gasteiger charge is 2.27. The topological polar surface area (TPSA) is 29.3 Å². The number of rotatable bonds is 6.